The molecule has 0 N–H and O–H groups in total. The average molecular weight is 433 g/mol. The molecule has 3 aromatic carbocycles. The molecule has 0 atom stereocenters. The van der Waals surface area contributed by atoms with Gasteiger partial charge in [-0.2, -0.15) is 0 Å². The van der Waals surface area contributed by atoms with Crippen molar-refractivity contribution in [1.82, 2.24) is 0 Å². The molecule has 5 heteroatoms. The summed E-state index contributed by atoms with van der Waals surface area (Å²) < 4.78 is 20.5. The fourth-order valence-corrected chi connectivity index (χ4v) is 2.93. The first-order valence-electron chi connectivity index (χ1n) is 7.99. The molecule has 0 spiro atoms. The van der Waals surface area contributed by atoms with E-state index in [1.807, 2.05) is 43.3 Å². The molecule has 0 saturated heterocycles. The lowest BCUT2D eigenvalue weighted by Gasteiger charge is -2.10. The predicted octanol–water partition coefficient (Wildman–Crippen LogP) is 6.88. The van der Waals surface area contributed by atoms with E-state index >= 15 is 0 Å². The molecule has 0 saturated carbocycles. The predicted molar refractivity (Wildman–Crippen MR) is 108 cm³/mol. The number of halogens is 3. The van der Waals surface area contributed by atoms with Gasteiger partial charge in [0.15, 0.2) is 0 Å². The van der Waals surface area contributed by atoms with Crippen molar-refractivity contribution in [3.8, 4) is 5.75 Å². The van der Waals surface area contributed by atoms with Gasteiger partial charge >= 0.3 is 0 Å². The number of hydrogen-bond donors (Lipinski definition) is 0. The smallest absolute Gasteiger partial charge is 0.129 e. The molecule has 0 fully saturated rings. The summed E-state index contributed by atoms with van der Waals surface area (Å²) >= 11 is 9.50. The van der Waals surface area contributed by atoms with Crippen LogP contribution in [0, 0.1) is 12.7 Å². The van der Waals surface area contributed by atoms with Gasteiger partial charge in [-0.25, -0.2) is 4.39 Å². The Balaban J connectivity index is 1.85. The van der Waals surface area contributed by atoms with Crippen molar-refractivity contribution in [1.29, 1.82) is 0 Å². The Hall–Kier alpha value is -2.17. The fourth-order valence-electron chi connectivity index (χ4n) is 2.38. The minimum atomic E-state index is -0.283. The van der Waals surface area contributed by atoms with E-state index in [0.717, 1.165) is 21.3 Å². The van der Waals surface area contributed by atoms with Gasteiger partial charge in [0.05, 0.1) is 5.69 Å². The van der Waals surface area contributed by atoms with Crippen molar-refractivity contribution >= 4 is 39.4 Å². The first-order chi connectivity index (χ1) is 12.5. The second kappa shape index (κ2) is 8.47. The van der Waals surface area contributed by atoms with Gasteiger partial charge in [0, 0.05) is 26.8 Å². The van der Waals surface area contributed by atoms with Crippen LogP contribution in [0.2, 0.25) is 5.02 Å². The van der Waals surface area contributed by atoms with Crippen molar-refractivity contribution in [2.75, 3.05) is 0 Å². The number of aryl methyl sites for hydroxylation is 1. The SMILES string of the molecule is Cc1ccc(Cl)cc1N=Cc1cc(Br)ccc1OCc1ccccc1F. The molecule has 0 heterocycles. The molecule has 0 unspecified atom stereocenters. The zero-order valence-corrected chi connectivity index (χ0v) is 16.4. The van der Waals surface area contributed by atoms with Gasteiger partial charge in [0.1, 0.15) is 18.2 Å². The first-order valence-corrected chi connectivity index (χ1v) is 9.16. The fraction of sp³-hybridized carbons (Fsp3) is 0.0952. The van der Waals surface area contributed by atoms with Gasteiger partial charge in [0.2, 0.25) is 0 Å². The molecule has 2 nitrogen and oxygen atoms in total. The Morgan fingerprint density at radius 2 is 1.92 bits per heavy atom. The summed E-state index contributed by atoms with van der Waals surface area (Å²) in [4.78, 5) is 4.53. The minimum Gasteiger partial charge on any atom is -0.488 e. The highest BCUT2D eigenvalue weighted by Crippen LogP contribution is 2.26. The maximum absolute atomic E-state index is 13.8. The summed E-state index contributed by atoms with van der Waals surface area (Å²) in [5, 5.41) is 0.632. The summed E-state index contributed by atoms with van der Waals surface area (Å²) in [6.45, 7) is 2.12. The lowest BCUT2D eigenvalue weighted by atomic mass is 10.2. The maximum Gasteiger partial charge on any atom is 0.129 e. The van der Waals surface area contributed by atoms with Crippen molar-refractivity contribution in [2.45, 2.75) is 13.5 Å². The van der Waals surface area contributed by atoms with Crippen molar-refractivity contribution < 1.29 is 9.13 Å². The van der Waals surface area contributed by atoms with Crippen LogP contribution in [0.5, 0.6) is 5.75 Å². The highest BCUT2D eigenvalue weighted by molar-refractivity contribution is 9.10. The molecule has 0 bridgehead atoms. The van der Waals surface area contributed by atoms with Gasteiger partial charge in [-0.05, 0) is 48.9 Å². The normalized spacial score (nSPS) is 11.1. The number of hydrogen-bond acceptors (Lipinski definition) is 2. The van der Waals surface area contributed by atoms with E-state index in [9.17, 15) is 4.39 Å². The van der Waals surface area contributed by atoms with Gasteiger partial charge in [0.25, 0.3) is 0 Å². The Kier molecular flexibility index (Phi) is 6.07. The summed E-state index contributed by atoms with van der Waals surface area (Å²) in [5.41, 5.74) is 3.10. The van der Waals surface area contributed by atoms with Crippen LogP contribution in [0.25, 0.3) is 0 Å². The lowest BCUT2D eigenvalue weighted by Crippen LogP contribution is -2.00. The zero-order chi connectivity index (χ0) is 18.5. The van der Waals surface area contributed by atoms with Crippen molar-refractivity contribution in [3.63, 3.8) is 0 Å². The average Bonchev–Trinajstić information content (AvgIpc) is 2.63. The Morgan fingerprint density at radius 3 is 2.73 bits per heavy atom. The minimum absolute atomic E-state index is 0.144. The second-order valence-corrected chi connectivity index (χ2v) is 7.10. The first kappa shape index (κ1) is 18.6. The molecule has 3 aromatic rings. The third-order valence-electron chi connectivity index (χ3n) is 3.83. The van der Waals surface area contributed by atoms with Gasteiger partial charge < -0.3 is 4.74 Å². The summed E-state index contributed by atoms with van der Waals surface area (Å²) in [5.74, 6) is 0.342. The summed E-state index contributed by atoms with van der Waals surface area (Å²) in [6.07, 6.45) is 1.72. The highest BCUT2D eigenvalue weighted by atomic mass is 79.9. The van der Waals surface area contributed by atoms with E-state index in [4.69, 9.17) is 16.3 Å². The van der Waals surface area contributed by atoms with E-state index < -0.39 is 0 Å². The van der Waals surface area contributed by atoms with Crippen LogP contribution in [-0.2, 0) is 6.61 Å². The molecule has 3 rings (SSSR count). The lowest BCUT2D eigenvalue weighted by molar-refractivity contribution is 0.299. The molecule has 0 radical (unpaired) electrons. The van der Waals surface area contributed by atoms with Crippen molar-refractivity contribution in [3.05, 3.63) is 92.7 Å². The monoisotopic (exact) mass is 431 g/mol. The number of benzene rings is 3. The molecule has 26 heavy (non-hydrogen) atoms. The van der Waals surface area contributed by atoms with Crippen LogP contribution in [-0.4, -0.2) is 6.21 Å². The largest absolute Gasteiger partial charge is 0.488 e. The number of nitrogens with zero attached hydrogens (tertiary/aromatic N) is 1. The zero-order valence-electron chi connectivity index (χ0n) is 14.0. The van der Waals surface area contributed by atoms with Crippen LogP contribution < -0.4 is 4.74 Å². The quantitative estimate of drug-likeness (QED) is 0.403. The Labute approximate surface area is 165 Å². The molecule has 0 aliphatic carbocycles. The topological polar surface area (TPSA) is 21.6 Å². The molecular formula is C21H16BrClFNO. The van der Waals surface area contributed by atoms with Gasteiger partial charge in [-0.1, -0.05) is 51.8 Å². The Bertz CT molecular complexity index is 958. The maximum atomic E-state index is 13.8. The number of rotatable bonds is 5. The standard InChI is InChI=1S/C21H16BrClFNO/c1-14-6-8-18(23)11-20(14)25-12-16-10-17(22)7-9-21(16)26-13-15-4-2-3-5-19(15)24/h2-12H,13H2,1H3. The number of aliphatic imine (C=N–C) groups is 1. The van der Waals surface area contributed by atoms with E-state index in [0.29, 0.717) is 16.3 Å². The van der Waals surface area contributed by atoms with Crippen LogP contribution in [0.3, 0.4) is 0 Å². The summed E-state index contributed by atoms with van der Waals surface area (Å²) in [6, 6.07) is 17.7. The van der Waals surface area contributed by atoms with Crippen LogP contribution in [0.4, 0.5) is 10.1 Å². The van der Waals surface area contributed by atoms with Gasteiger partial charge in [-0.3, -0.25) is 4.99 Å². The van der Waals surface area contributed by atoms with E-state index in [1.165, 1.54) is 6.07 Å². The van der Waals surface area contributed by atoms with E-state index in [2.05, 4.69) is 20.9 Å². The van der Waals surface area contributed by atoms with E-state index in [1.54, 1.807) is 24.4 Å². The van der Waals surface area contributed by atoms with Crippen LogP contribution >= 0.6 is 27.5 Å². The number of ether oxygens (including phenoxy) is 1. The molecule has 132 valence electrons. The molecular weight excluding hydrogens is 417 g/mol. The summed E-state index contributed by atoms with van der Waals surface area (Å²) in [7, 11) is 0. The van der Waals surface area contributed by atoms with Crippen LogP contribution in [0.15, 0.2) is 70.1 Å². The molecule has 0 aromatic heterocycles. The van der Waals surface area contributed by atoms with Crippen molar-refractivity contribution in [2.24, 2.45) is 4.99 Å². The third-order valence-corrected chi connectivity index (χ3v) is 4.56. The van der Waals surface area contributed by atoms with Gasteiger partial charge in [-0.15, -0.1) is 0 Å². The van der Waals surface area contributed by atoms with E-state index in [-0.39, 0.29) is 12.4 Å². The highest BCUT2D eigenvalue weighted by Gasteiger charge is 2.06. The van der Waals surface area contributed by atoms with Crippen LogP contribution in [0.1, 0.15) is 16.7 Å². The third kappa shape index (κ3) is 4.71. The molecule has 0 aliphatic heterocycles. The second-order valence-electron chi connectivity index (χ2n) is 5.75. The molecule has 0 aliphatic rings. The Morgan fingerprint density at radius 1 is 1.12 bits per heavy atom. The molecule has 0 amide bonds.